The summed E-state index contributed by atoms with van der Waals surface area (Å²) in [7, 11) is 0. The third-order valence-corrected chi connectivity index (χ3v) is 3.91. The molecule has 0 bridgehead atoms. The van der Waals surface area contributed by atoms with E-state index in [0.29, 0.717) is 29.7 Å². The Morgan fingerprint density at radius 2 is 1.96 bits per heavy atom. The van der Waals surface area contributed by atoms with Crippen LogP contribution in [0.2, 0.25) is 5.02 Å². The van der Waals surface area contributed by atoms with E-state index in [1.807, 2.05) is 42.5 Å². The summed E-state index contributed by atoms with van der Waals surface area (Å²) in [5.74, 6) is 0.997. The zero-order chi connectivity index (χ0) is 16.8. The van der Waals surface area contributed by atoms with E-state index in [2.05, 4.69) is 15.5 Å². The van der Waals surface area contributed by atoms with E-state index >= 15 is 0 Å². The largest absolute Gasteiger partial charge is 0.396 e. The summed E-state index contributed by atoms with van der Waals surface area (Å²) in [4.78, 5) is 4.39. The van der Waals surface area contributed by atoms with Crippen molar-refractivity contribution in [1.29, 1.82) is 0 Å². The van der Waals surface area contributed by atoms with Gasteiger partial charge < -0.3 is 14.9 Å². The zero-order valence-electron chi connectivity index (χ0n) is 13.0. The van der Waals surface area contributed by atoms with Crippen LogP contribution in [-0.2, 0) is 6.54 Å². The third kappa shape index (κ3) is 4.20. The van der Waals surface area contributed by atoms with E-state index < -0.39 is 0 Å². The van der Waals surface area contributed by atoms with Crippen LogP contribution in [-0.4, -0.2) is 21.9 Å². The summed E-state index contributed by atoms with van der Waals surface area (Å²) < 4.78 is 5.29. The number of nitrogens with zero attached hydrogens (tertiary/aromatic N) is 2. The van der Waals surface area contributed by atoms with Crippen molar-refractivity contribution in [3.8, 4) is 11.4 Å². The number of hydrogen-bond donors (Lipinski definition) is 2. The second-order valence-corrected chi connectivity index (χ2v) is 5.81. The second-order valence-electron chi connectivity index (χ2n) is 5.38. The molecular formula is C18H18ClN3O2. The van der Waals surface area contributed by atoms with Crippen molar-refractivity contribution in [3.63, 3.8) is 0 Å². The highest BCUT2D eigenvalue weighted by atomic mass is 35.5. The normalized spacial score (nSPS) is 12.2. The number of aliphatic hydroxyl groups excluding tert-OH is 1. The molecule has 24 heavy (non-hydrogen) atoms. The Labute approximate surface area is 145 Å². The highest BCUT2D eigenvalue weighted by Crippen LogP contribution is 2.21. The minimum absolute atomic E-state index is 0.0257. The Morgan fingerprint density at radius 1 is 1.12 bits per heavy atom. The van der Waals surface area contributed by atoms with Crippen LogP contribution < -0.4 is 5.32 Å². The fourth-order valence-electron chi connectivity index (χ4n) is 2.48. The van der Waals surface area contributed by atoms with E-state index in [0.717, 1.165) is 11.1 Å². The molecule has 124 valence electrons. The molecule has 0 saturated carbocycles. The Kier molecular flexibility index (Phi) is 5.59. The van der Waals surface area contributed by atoms with Crippen LogP contribution in [0.5, 0.6) is 0 Å². The molecule has 1 atom stereocenters. The van der Waals surface area contributed by atoms with E-state index in [9.17, 15) is 5.11 Å². The second kappa shape index (κ2) is 8.06. The predicted molar refractivity (Wildman–Crippen MR) is 92.5 cm³/mol. The lowest BCUT2D eigenvalue weighted by Crippen LogP contribution is -2.22. The molecular weight excluding hydrogens is 326 g/mol. The lowest BCUT2D eigenvalue weighted by Gasteiger charge is -2.16. The van der Waals surface area contributed by atoms with Crippen molar-refractivity contribution in [2.75, 3.05) is 6.61 Å². The Balaban J connectivity index is 1.68. The molecule has 1 heterocycles. The predicted octanol–water partition coefficient (Wildman–Crippen LogP) is 3.60. The maximum atomic E-state index is 9.27. The van der Waals surface area contributed by atoms with E-state index in [-0.39, 0.29) is 12.6 Å². The first-order valence-corrected chi connectivity index (χ1v) is 8.12. The van der Waals surface area contributed by atoms with Crippen molar-refractivity contribution in [1.82, 2.24) is 15.5 Å². The van der Waals surface area contributed by atoms with Gasteiger partial charge in [0.1, 0.15) is 0 Å². The van der Waals surface area contributed by atoms with Crippen molar-refractivity contribution in [2.45, 2.75) is 19.0 Å². The zero-order valence-corrected chi connectivity index (χ0v) is 13.8. The topological polar surface area (TPSA) is 71.2 Å². The fraction of sp³-hybridized carbons (Fsp3) is 0.222. The monoisotopic (exact) mass is 343 g/mol. The highest BCUT2D eigenvalue weighted by Gasteiger charge is 2.13. The number of benzene rings is 2. The van der Waals surface area contributed by atoms with Gasteiger partial charge in [-0.15, -0.1) is 0 Å². The molecule has 0 saturated heterocycles. The number of nitrogens with one attached hydrogen (secondary N) is 1. The van der Waals surface area contributed by atoms with E-state index in [4.69, 9.17) is 16.1 Å². The molecule has 0 aliphatic heterocycles. The van der Waals surface area contributed by atoms with Gasteiger partial charge in [-0.3, -0.25) is 0 Å². The van der Waals surface area contributed by atoms with Gasteiger partial charge in [-0.2, -0.15) is 4.98 Å². The number of aromatic nitrogens is 2. The first-order chi connectivity index (χ1) is 11.8. The van der Waals surface area contributed by atoms with Crippen LogP contribution in [0.4, 0.5) is 0 Å². The van der Waals surface area contributed by atoms with Crippen LogP contribution in [0, 0.1) is 0 Å². The quantitative estimate of drug-likeness (QED) is 0.685. The molecule has 1 aromatic heterocycles. The first kappa shape index (κ1) is 16.6. The molecule has 3 rings (SSSR count). The van der Waals surface area contributed by atoms with Crippen LogP contribution in [0.15, 0.2) is 59.1 Å². The van der Waals surface area contributed by atoms with Crippen molar-refractivity contribution < 1.29 is 9.63 Å². The number of hydrogen-bond acceptors (Lipinski definition) is 5. The van der Waals surface area contributed by atoms with E-state index in [1.165, 1.54) is 0 Å². The summed E-state index contributed by atoms with van der Waals surface area (Å²) in [6, 6.07) is 17.3. The van der Waals surface area contributed by atoms with Gasteiger partial charge in [0, 0.05) is 23.2 Å². The van der Waals surface area contributed by atoms with Crippen molar-refractivity contribution in [3.05, 3.63) is 71.1 Å². The van der Waals surface area contributed by atoms with Crippen LogP contribution in [0.3, 0.4) is 0 Å². The standard InChI is InChI=1S/C18H18ClN3O2/c19-15-8-4-7-14(11-15)18-21-17(24-22-18)12-20-16(9-10-23)13-5-2-1-3-6-13/h1-8,11,16,20,23H,9-10,12H2. The van der Waals surface area contributed by atoms with Crippen molar-refractivity contribution >= 4 is 11.6 Å². The average molecular weight is 344 g/mol. The summed E-state index contributed by atoms with van der Waals surface area (Å²) in [5, 5.41) is 17.2. The first-order valence-electron chi connectivity index (χ1n) is 7.74. The lowest BCUT2D eigenvalue weighted by atomic mass is 10.0. The van der Waals surface area contributed by atoms with Gasteiger partial charge in [0.05, 0.1) is 6.54 Å². The summed E-state index contributed by atoms with van der Waals surface area (Å²) in [6.45, 7) is 0.525. The lowest BCUT2D eigenvalue weighted by molar-refractivity contribution is 0.261. The molecule has 2 N–H and O–H groups in total. The van der Waals surface area contributed by atoms with Gasteiger partial charge in [-0.1, -0.05) is 59.2 Å². The molecule has 0 aliphatic carbocycles. The smallest absolute Gasteiger partial charge is 0.240 e. The van der Waals surface area contributed by atoms with Crippen molar-refractivity contribution in [2.24, 2.45) is 0 Å². The van der Waals surface area contributed by atoms with Crippen LogP contribution in [0.25, 0.3) is 11.4 Å². The Morgan fingerprint density at radius 3 is 2.71 bits per heavy atom. The van der Waals surface area contributed by atoms with Gasteiger partial charge in [-0.25, -0.2) is 0 Å². The maximum absolute atomic E-state index is 9.27. The number of aliphatic hydroxyl groups is 1. The molecule has 6 heteroatoms. The van der Waals surface area contributed by atoms with Gasteiger partial charge >= 0.3 is 0 Å². The summed E-state index contributed by atoms with van der Waals surface area (Å²) in [6.07, 6.45) is 0.610. The molecule has 5 nitrogen and oxygen atoms in total. The van der Waals surface area contributed by atoms with Gasteiger partial charge in [0.2, 0.25) is 11.7 Å². The Hall–Kier alpha value is -2.21. The molecule has 2 aromatic carbocycles. The SMILES string of the molecule is OCCC(NCc1nc(-c2cccc(Cl)c2)no1)c1ccccc1. The molecule has 1 unspecified atom stereocenters. The maximum Gasteiger partial charge on any atom is 0.240 e. The van der Waals surface area contributed by atoms with Crippen LogP contribution >= 0.6 is 11.6 Å². The third-order valence-electron chi connectivity index (χ3n) is 3.67. The molecule has 0 aliphatic rings. The van der Waals surface area contributed by atoms with Gasteiger partial charge in [0.25, 0.3) is 0 Å². The summed E-state index contributed by atoms with van der Waals surface area (Å²) in [5.41, 5.74) is 1.92. The molecule has 0 radical (unpaired) electrons. The molecule has 0 fully saturated rings. The average Bonchev–Trinajstić information content (AvgIpc) is 3.08. The molecule has 0 amide bonds. The number of halogens is 1. The summed E-state index contributed by atoms with van der Waals surface area (Å²) >= 11 is 5.98. The minimum Gasteiger partial charge on any atom is -0.396 e. The Bertz CT molecular complexity index is 777. The minimum atomic E-state index is 0.0257. The highest BCUT2D eigenvalue weighted by molar-refractivity contribution is 6.30. The van der Waals surface area contributed by atoms with Gasteiger partial charge in [-0.05, 0) is 24.1 Å². The molecule has 3 aromatic rings. The van der Waals surface area contributed by atoms with E-state index in [1.54, 1.807) is 12.1 Å². The fourth-order valence-corrected chi connectivity index (χ4v) is 2.67. The van der Waals surface area contributed by atoms with Gasteiger partial charge in [0.15, 0.2) is 0 Å². The number of rotatable bonds is 7. The van der Waals surface area contributed by atoms with Crippen LogP contribution in [0.1, 0.15) is 23.9 Å². The molecule has 0 spiro atoms.